The standard InChI is InChI=1S/C27H29F4NO4/c1-8-13-32-19-12-10-9-11-16(19)20(22(32)27(29,30)31)15(2)35-24(34)21-17(26(21,6)7)14-18(28)23(33)36-25(3,4)5/h1,9-12,14-15,17,21H,13H2,2-7H3/b18-14+/t15?,17-,21+/m1/s1. The summed E-state index contributed by atoms with van der Waals surface area (Å²) in [6.07, 6.45) is 0.317. The molecule has 1 fully saturated rings. The van der Waals surface area contributed by atoms with E-state index >= 15 is 0 Å². The fraction of sp³-hybridized carbons (Fsp3) is 0.481. The van der Waals surface area contributed by atoms with Gasteiger partial charge in [-0.1, -0.05) is 38.0 Å². The van der Waals surface area contributed by atoms with E-state index in [4.69, 9.17) is 15.9 Å². The number of alkyl halides is 3. The van der Waals surface area contributed by atoms with Crippen molar-refractivity contribution in [2.45, 2.75) is 66.0 Å². The molecule has 5 nitrogen and oxygen atoms in total. The molecule has 1 aliphatic rings. The van der Waals surface area contributed by atoms with Gasteiger partial charge in [0.15, 0.2) is 0 Å². The zero-order chi connectivity index (χ0) is 27.2. The lowest BCUT2D eigenvalue weighted by Gasteiger charge is -2.18. The van der Waals surface area contributed by atoms with E-state index in [1.54, 1.807) is 46.8 Å². The first kappa shape index (κ1) is 27.3. The van der Waals surface area contributed by atoms with Crippen LogP contribution in [0.4, 0.5) is 17.6 Å². The van der Waals surface area contributed by atoms with E-state index in [1.165, 1.54) is 19.1 Å². The first-order valence-corrected chi connectivity index (χ1v) is 11.4. The summed E-state index contributed by atoms with van der Waals surface area (Å²) in [6, 6.07) is 6.22. The number of terminal acetylenes is 1. The van der Waals surface area contributed by atoms with Crippen LogP contribution in [0, 0.1) is 29.6 Å². The average molecular weight is 508 g/mol. The van der Waals surface area contributed by atoms with Crippen LogP contribution in [0.5, 0.6) is 0 Å². The number of carbonyl (C=O) groups excluding carboxylic acids is 2. The van der Waals surface area contributed by atoms with Gasteiger partial charge in [-0.3, -0.25) is 4.79 Å². The highest BCUT2D eigenvalue weighted by molar-refractivity contribution is 5.88. The largest absolute Gasteiger partial charge is 0.457 e. The van der Waals surface area contributed by atoms with Crippen LogP contribution in [0.3, 0.4) is 0 Å². The lowest BCUT2D eigenvalue weighted by Crippen LogP contribution is -2.24. The molecule has 0 spiro atoms. The number of para-hydroxylation sites is 1. The van der Waals surface area contributed by atoms with Crippen molar-refractivity contribution in [1.82, 2.24) is 4.57 Å². The Morgan fingerprint density at radius 3 is 2.39 bits per heavy atom. The number of benzene rings is 1. The molecular weight excluding hydrogens is 478 g/mol. The van der Waals surface area contributed by atoms with Crippen molar-refractivity contribution in [3.05, 3.63) is 47.4 Å². The summed E-state index contributed by atoms with van der Waals surface area (Å²) in [5.74, 6) is -2.36. The molecule has 0 aliphatic heterocycles. The third-order valence-corrected chi connectivity index (χ3v) is 6.31. The second-order valence-corrected chi connectivity index (χ2v) is 10.5. The van der Waals surface area contributed by atoms with Gasteiger partial charge in [-0.2, -0.15) is 17.6 Å². The third-order valence-electron chi connectivity index (χ3n) is 6.31. The minimum atomic E-state index is -4.76. The van der Waals surface area contributed by atoms with Gasteiger partial charge in [0, 0.05) is 16.5 Å². The molecule has 9 heteroatoms. The Balaban J connectivity index is 1.90. The number of allylic oxidation sites excluding steroid dienone is 1. The zero-order valence-electron chi connectivity index (χ0n) is 21.0. The first-order chi connectivity index (χ1) is 16.5. The summed E-state index contributed by atoms with van der Waals surface area (Å²) in [6.45, 7) is 9.20. The van der Waals surface area contributed by atoms with Crippen molar-refractivity contribution < 1.29 is 36.6 Å². The normalized spacial score (nSPS) is 20.5. The monoisotopic (exact) mass is 507 g/mol. The van der Waals surface area contributed by atoms with E-state index in [0.29, 0.717) is 0 Å². The van der Waals surface area contributed by atoms with Crippen molar-refractivity contribution in [3.8, 4) is 12.3 Å². The molecule has 0 saturated heterocycles. The predicted octanol–water partition coefficient (Wildman–Crippen LogP) is 6.36. The third kappa shape index (κ3) is 5.28. The summed E-state index contributed by atoms with van der Waals surface area (Å²) in [5.41, 5.74) is -2.58. The van der Waals surface area contributed by atoms with E-state index in [2.05, 4.69) is 5.92 Å². The fourth-order valence-corrected chi connectivity index (χ4v) is 4.60. The predicted molar refractivity (Wildman–Crippen MR) is 126 cm³/mol. The summed E-state index contributed by atoms with van der Waals surface area (Å²) >= 11 is 0. The van der Waals surface area contributed by atoms with E-state index in [-0.39, 0.29) is 23.0 Å². The van der Waals surface area contributed by atoms with Crippen molar-refractivity contribution in [2.75, 3.05) is 0 Å². The van der Waals surface area contributed by atoms with Crippen molar-refractivity contribution >= 4 is 22.8 Å². The van der Waals surface area contributed by atoms with Crippen molar-refractivity contribution in [2.24, 2.45) is 17.3 Å². The van der Waals surface area contributed by atoms with Crippen molar-refractivity contribution in [3.63, 3.8) is 0 Å². The quantitative estimate of drug-likeness (QED) is 0.198. The second kappa shape index (κ2) is 9.30. The molecule has 1 aromatic carbocycles. The maximum atomic E-state index is 14.4. The Bertz CT molecular complexity index is 1260. The lowest BCUT2D eigenvalue weighted by molar-refractivity contribution is -0.155. The lowest BCUT2D eigenvalue weighted by atomic mass is 10.1. The fourth-order valence-electron chi connectivity index (χ4n) is 4.60. The van der Waals surface area contributed by atoms with E-state index in [1.807, 2.05) is 0 Å². The molecule has 1 saturated carbocycles. The average Bonchev–Trinajstić information content (AvgIpc) is 3.10. The molecule has 0 radical (unpaired) electrons. The molecule has 0 amide bonds. The van der Waals surface area contributed by atoms with Gasteiger partial charge < -0.3 is 14.0 Å². The van der Waals surface area contributed by atoms with E-state index in [0.717, 1.165) is 10.6 Å². The summed E-state index contributed by atoms with van der Waals surface area (Å²) in [4.78, 5) is 25.0. The van der Waals surface area contributed by atoms with Crippen LogP contribution in [0.1, 0.15) is 58.9 Å². The van der Waals surface area contributed by atoms with Gasteiger partial charge in [0.05, 0.1) is 12.5 Å². The van der Waals surface area contributed by atoms with Gasteiger partial charge in [-0.25, -0.2) is 4.79 Å². The molecule has 0 bridgehead atoms. The molecule has 1 heterocycles. The summed E-state index contributed by atoms with van der Waals surface area (Å²) in [7, 11) is 0. The van der Waals surface area contributed by atoms with Gasteiger partial charge >= 0.3 is 18.1 Å². The maximum Gasteiger partial charge on any atom is 0.431 e. The number of aromatic nitrogens is 1. The summed E-state index contributed by atoms with van der Waals surface area (Å²) in [5, 5.41) is 0.267. The molecule has 3 atom stereocenters. The number of nitrogens with zero attached hydrogens (tertiary/aromatic N) is 1. The van der Waals surface area contributed by atoms with Gasteiger partial charge in [0.1, 0.15) is 17.4 Å². The Labute approximate surface area is 207 Å². The highest BCUT2D eigenvalue weighted by Crippen LogP contribution is 2.60. The van der Waals surface area contributed by atoms with Crippen LogP contribution < -0.4 is 0 Å². The van der Waals surface area contributed by atoms with E-state index < -0.39 is 58.6 Å². The number of halogens is 4. The molecule has 0 N–H and O–H groups in total. The van der Waals surface area contributed by atoms with Crippen LogP contribution >= 0.6 is 0 Å². The van der Waals surface area contributed by atoms with Crippen LogP contribution in [-0.4, -0.2) is 22.1 Å². The van der Waals surface area contributed by atoms with Crippen LogP contribution in [-0.2, 0) is 31.8 Å². The van der Waals surface area contributed by atoms with Crippen LogP contribution in [0.25, 0.3) is 10.9 Å². The highest BCUT2D eigenvalue weighted by atomic mass is 19.4. The summed E-state index contributed by atoms with van der Waals surface area (Å²) < 4.78 is 68.4. The number of hydrogen-bond donors (Lipinski definition) is 0. The van der Waals surface area contributed by atoms with Crippen molar-refractivity contribution in [1.29, 1.82) is 0 Å². The second-order valence-electron chi connectivity index (χ2n) is 10.5. The van der Waals surface area contributed by atoms with Crippen LogP contribution in [0.15, 0.2) is 36.2 Å². The molecule has 194 valence electrons. The number of carbonyl (C=O) groups is 2. The Hall–Kier alpha value is -3.28. The topological polar surface area (TPSA) is 57.5 Å². The molecule has 2 aromatic rings. The Kier molecular flexibility index (Phi) is 7.06. The van der Waals surface area contributed by atoms with Gasteiger partial charge in [0.2, 0.25) is 5.83 Å². The number of esters is 2. The molecular formula is C27H29F4NO4. The molecule has 1 aromatic heterocycles. The minimum Gasteiger partial charge on any atom is -0.457 e. The number of rotatable bonds is 6. The molecule has 1 aliphatic carbocycles. The Morgan fingerprint density at radius 1 is 1.22 bits per heavy atom. The Morgan fingerprint density at radius 2 is 1.83 bits per heavy atom. The molecule has 36 heavy (non-hydrogen) atoms. The van der Waals surface area contributed by atoms with Gasteiger partial charge in [-0.05, 0) is 51.2 Å². The first-order valence-electron chi connectivity index (χ1n) is 11.4. The molecule has 1 unspecified atom stereocenters. The zero-order valence-corrected chi connectivity index (χ0v) is 21.0. The number of fused-ring (bicyclic) bond motifs is 1. The minimum absolute atomic E-state index is 0.202. The van der Waals surface area contributed by atoms with Gasteiger partial charge in [0.25, 0.3) is 0 Å². The van der Waals surface area contributed by atoms with E-state index in [9.17, 15) is 27.2 Å². The number of ether oxygens (including phenoxy) is 2. The van der Waals surface area contributed by atoms with Gasteiger partial charge in [-0.15, -0.1) is 6.42 Å². The smallest absolute Gasteiger partial charge is 0.431 e. The highest BCUT2D eigenvalue weighted by Gasteiger charge is 2.62. The SMILES string of the molecule is C#CCn1c(C(F)(F)F)c(C(C)OC(=O)[C@@H]2[C@@H](/C=C(/F)C(=O)OC(C)(C)C)C2(C)C)c2ccccc21. The maximum absolute atomic E-state index is 14.4. The molecule has 3 rings (SSSR count). The van der Waals surface area contributed by atoms with Crippen LogP contribution in [0.2, 0.25) is 0 Å². The number of hydrogen-bond acceptors (Lipinski definition) is 4.